The van der Waals surface area contributed by atoms with Gasteiger partial charge in [0, 0.05) is 16.3 Å². The first-order valence-electron chi connectivity index (χ1n) is 10.2. The normalized spacial score (nSPS) is 11.3. The van der Waals surface area contributed by atoms with Gasteiger partial charge in [-0.3, -0.25) is 4.79 Å². The van der Waals surface area contributed by atoms with Crippen LogP contribution < -0.4 is 5.32 Å². The maximum Gasteiger partial charge on any atom is 0.256 e. The van der Waals surface area contributed by atoms with E-state index in [1.165, 1.54) is 12.1 Å². The molecule has 0 aliphatic heterocycles. The van der Waals surface area contributed by atoms with Crippen molar-refractivity contribution >= 4 is 34.8 Å². The molecule has 1 amide bonds. The van der Waals surface area contributed by atoms with Crippen LogP contribution in [0.2, 0.25) is 5.02 Å². The molecule has 0 saturated heterocycles. The quantitative estimate of drug-likeness (QED) is 0.250. The van der Waals surface area contributed by atoms with Crippen molar-refractivity contribution in [1.82, 2.24) is 0 Å². The summed E-state index contributed by atoms with van der Waals surface area (Å²) in [6.45, 7) is 1.90. The Kier molecular flexibility index (Phi) is 6.48. The summed E-state index contributed by atoms with van der Waals surface area (Å²) in [5.74, 6) is -0.601. The van der Waals surface area contributed by atoms with Gasteiger partial charge < -0.3 is 5.32 Å². The molecule has 1 N–H and O–H groups in total. The average Bonchev–Trinajstić information content (AvgIpc) is 2.82. The van der Waals surface area contributed by atoms with Crippen molar-refractivity contribution in [2.24, 2.45) is 0 Å². The number of benzene rings is 4. The number of amides is 1. The van der Waals surface area contributed by atoms with Crippen LogP contribution in [0.3, 0.4) is 0 Å². The van der Waals surface area contributed by atoms with Gasteiger partial charge in [-0.05, 0) is 65.1 Å². The lowest BCUT2D eigenvalue weighted by atomic mass is 9.98. The Hall–Kier alpha value is -3.69. The molecule has 0 aliphatic carbocycles. The van der Waals surface area contributed by atoms with Crippen LogP contribution in [0.1, 0.15) is 16.7 Å². The van der Waals surface area contributed by atoms with Gasteiger partial charge in [-0.25, -0.2) is 4.39 Å². The van der Waals surface area contributed by atoms with Crippen LogP contribution >= 0.6 is 11.6 Å². The van der Waals surface area contributed by atoms with E-state index in [-0.39, 0.29) is 11.7 Å². The zero-order chi connectivity index (χ0) is 22.5. The summed E-state index contributed by atoms with van der Waals surface area (Å²) in [6.07, 6.45) is 1.75. The lowest BCUT2D eigenvalue weighted by Crippen LogP contribution is -2.13. The van der Waals surface area contributed by atoms with Gasteiger partial charge in [-0.2, -0.15) is 0 Å². The zero-order valence-corrected chi connectivity index (χ0v) is 18.2. The van der Waals surface area contributed by atoms with Gasteiger partial charge in [0.1, 0.15) is 5.82 Å². The third-order valence-electron chi connectivity index (χ3n) is 5.16. The number of anilines is 1. The third-order valence-corrected chi connectivity index (χ3v) is 5.57. The first-order valence-corrected chi connectivity index (χ1v) is 10.6. The maximum absolute atomic E-state index is 13.4. The molecule has 0 unspecified atom stereocenters. The van der Waals surface area contributed by atoms with E-state index in [0.717, 1.165) is 27.8 Å². The van der Waals surface area contributed by atoms with Crippen LogP contribution in [0.25, 0.3) is 22.8 Å². The zero-order valence-electron chi connectivity index (χ0n) is 17.5. The summed E-state index contributed by atoms with van der Waals surface area (Å²) in [7, 11) is 0. The number of nitrogens with one attached hydrogen (secondary N) is 1. The fourth-order valence-corrected chi connectivity index (χ4v) is 3.53. The van der Waals surface area contributed by atoms with Gasteiger partial charge in [0.25, 0.3) is 5.91 Å². The number of hydrogen-bond donors (Lipinski definition) is 1. The highest BCUT2D eigenvalue weighted by Crippen LogP contribution is 2.26. The summed E-state index contributed by atoms with van der Waals surface area (Å²) >= 11 is 6.21. The predicted molar refractivity (Wildman–Crippen MR) is 131 cm³/mol. The lowest BCUT2D eigenvalue weighted by molar-refractivity contribution is -0.111. The van der Waals surface area contributed by atoms with Crippen LogP contribution in [0.15, 0.2) is 97.1 Å². The van der Waals surface area contributed by atoms with Crippen LogP contribution in [-0.4, -0.2) is 5.91 Å². The number of halogens is 2. The molecule has 0 aromatic heterocycles. The van der Waals surface area contributed by atoms with Crippen LogP contribution in [-0.2, 0) is 4.79 Å². The van der Waals surface area contributed by atoms with E-state index in [1.807, 2.05) is 73.7 Å². The molecule has 32 heavy (non-hydrogen) atoms. The molecule has 0 atom stereocenters. The molecule has 4 heteroatoms. The van der Waals surface area contributed by atoms with Gasteiger partial charge in [-0.1, -0.05) is 84.4 Å². The molecule has 0 aliphatic rings. The lowest BCUT2D eigenvalue weighted by Gasteiger charge is -2.12. The number of rotatable bonds is 5. The molecule has 0 spiro atoms. The van der Waals surface area contributed by atoms with Crippen molar-refractivity contribution in [2.75, 3.05) is 5.32 Å². The first kappa shape index (κ1) is 21.5. The van der Waals surface area contributed by atoms with Gasteiger partial charge >= 0.3 is 0 Å². The molecule has 2 nitrogen and oxygen atoms in total. The number of carbonyl (C=O) groups is 1. The highest BCUT2D eigenvalue weighted by molar-refractivity contribution is 6.32. The van der Waals surface area contributed by atoms with Gasteiger partial charge in [0.2, 0.25) is 0 Å². The van der Waals surface area contributed by atoms with E-state index >= 15 is 0 Å². The molecule has 0 heterocycles. The second-order valence-corrected chi connectivity index (χ2v) is 7.88. The smallest absolute Gasteiger partial charge is 0.256 e. The molecule has 4 aromatic rings. The number of hydrogen-bond acceptors (Lipinski definition) is 1. The molecule has 158 valence electrons. The van der Waals surface area contributed by atoms with Crippen molar-refractivity contribution in [2.45, 2.75) is 6.92 Å². The Labute approximate surface area is 192 Å². The molecular formula is C28H21ClFNO. The molecule has 4 rings (SSSR count). The van der Waals surface area contributed by atoms with Gasteiger partial charge in [0.05, 0.1) is 0 Å². The standard InChI is InChI=1S/C28H21ClFNO/c1-19-7-16-25(18-27(19)29)31-28(32)26(17-20-8-14-24(30)15-9-20)23-12-10-22(11-13-23)21-5-3-2-4-6-21/h2-18H,1H3,(H,31,32). The molecule has 0 radical (unpaired) electrons. The predicted octanol–water partition coefficient (Wildman–Crippen LogP) is 7.63. The summed E-state index contributed by atoms with van der Waals surface area (Å²) < 4.78 is 13.4. The highest BCUT2D eigenvalue weighted by atomic mass is 35.5. The molecule has 0 bridgehead atoms. The van der Waals surface area contributed by atoms with E-state index in [2.05, 4.69) is 5.32 Å². The summed E-state index contributed by atoms with van der Waals surface area (Å²) in [4.78, 5) is 13.2. The van der Waals surface area contributed by atoms with Crippen LogP contribution in [0.4, 0.5) is 10.1 Å². The monoisotopic (exact) mass is 441 g/mol. The molecule has 4 aromatic carbocycles. The summed E-state index contributed by atoms with van der Waals surface area (Å²) in [6, 6.07) is 29.3. The van der Waals surface area contributed by atoms with E-state index in [0.29, 0.717) is 16.3 Å². The van der Waals surface area contributed by atoms with E-state index in [4.69, 9.17) is 11.6 Å². The van der Waals surface area contributed by atoms with Crippen molar-refractivity contribution < 1.29 is 9.18 Å². The van der Waals surface area contributed by atoms with E-state index in [1.54, 1.807) is 24.3 Å². The van der Waals surface area contributed by atoms with Crippen LogP contribution in [0, 0.1) is 12.7 Å². The Morgan fingerprint density at radius 1 is 0.844 bits per heavy atom. The second kappa shape index (κ2) is 9.63. The Balaban J connectivity index is 1.69. The topological polar surface area (TPSA) is 29.1 Å². The number of aryl methyl sites for hydroxylation is 1. The second-order valence-electron chi connectivity index (χ2n) is 7.47. The Morgan fingerprint density at radius 2 is 1.50 bits per heavy atom. The third kappa shape index (κ3) is 5.13. The van der Waals surface area contributed by atoms with E-state index < -0.39 is 0 Å². The van der Waals surface area contributed by atoms with Crippen molar-refractivity contribution in [3.05, 3.63) is 125 Å². The van der Waals surface area contributed by atoms with Crippen LogP contribution in [0.5, 0.6) is 0 Å². The fraction of sp³-hybridized carbons (Fsp3) is 0.0357. The van der Waals surface area contributed by atoms with Gasteiger partial charge in [0.15, 0.2) is 0 Å². The minimum absolute atomic E-state index is 0.276. The van der Waals surface area contributed by atoms with Gasteiger partial charge in [-0.15, -0.1) is 0 Å². The Morgan fingerprint density at radius 3 is 2.16 bits per heavy atom. The van der Waals surface area contributed by atoms with Crippen molar-refractivity contribution in [1.29, 1.82) is 0 Å². The molecule has 0 fully saturated rings. The number of carbonyl (C=O) groups excluding carboxylic acids is 1. The van der Waals surface area contributed by atoms with Crippen molar-refractivity contribution in [3.63, 3.8) is 0 Å². The Bertz CT molecular complexity index is 1260. The average molecular weight is 442 g/mol. The molecule has 0 saturated carbocycles. The first-order chi connectivity index (χ1) is 15.5. The highest BCUT2D eigenvalue weighted by Gasteiger charge is 2.14. The molecular weight excluding hydrogens is 421 g/mol. The van der Waals surface area contributed by atoms with E-state index in [9.17, 15) is 9.18 Å². The minimum atomic E-state index is -0.324. The summed E-state index contributed by atoms with van der Waals surface area (Å²) in [5, 5.41) is 3.50. The fourth-order valence-electron chi connectivity index (χ4n) is 3.35. The van der Waals surface area contributed by atoms with Crippen molar-refractivity contribution in [3.8, 4) is 11.1 Å². The summed E-state index contributed by atoms with van der Waals surface area (Å²) in [5.41, 5.74) is 5.64. The maximum atomic E-state index is 13.4. The largest absolute Gasteiger partial charge is 0.322 e. The SMILES string of the molecule is Cc1ccc(NC(=O)C(=Cc2ccc(F)cc2)c2ccc(-c3ccccc3)cc2)cc1Cl. The minimum Gasteiger partial charge on any atom is -0.322 e.